The second kappa shape index (κ2) is 6.80. The van der Waals surface area contributed by atoms with Gasteiger partial charge in [-0.15, -0.1) is 0 Å². The quantitative estimate of drug-likeness (QED) is 0.503. The fraction of sp³-hybridized carbons (Fsp3) is 0.125. The maximum absolute atomic E-state index is 14.2. The molecule has 0 saturated heterocycles. The van der Waals surface area contributed by atoms with E-state index in [4.69, 9.17) is 10.3 Å². The van der Waals surface area contributed by atoms with E-state index in [9.17, 15) is 13.6 Å². The van der Waals surface area contributed by atoms with Gasteiger partial charge in [0.25, 0.3) is 0 Å². The minimum atomic E-state index is -1.04. The van der Waals surface area contributed by atoms with Crippen LogP contribution in [-0.4, -0.2) is 22.0 Å². The van der Waals surface area contributed by atoms with Crippen LogP contribution < -0.4 is 0 Å². The van der Waals surface area contributed by atoms with Crippen LogP contribution in [0, 0.1) is 11.6 Å². The summed E-state index contributed by atoms with van der Waals surface area (Å²) in [6.45, 7) is 0. The van der Waals surface area contributed by atoms with Gasteiger partial charge in [0.1, 0.15) is 11.6 Å². The van der Waals surface area contributed by atoms with E-state index in [2.05, 4.69) is 5.16 Å². The molecule has 0 atom stereocenters. The lowest BCUT2D eigenvalue weighted by Gasteiger charge is -2.08. The molecule has 4 nitrogen and oxygen atoms in total. The Balaban J connectivity index is 2.31. The molecule has 6 heteroatoms. The molecule has 0 heterocycles. The molecule has 0 aromatic heterocycles. The fourth-order valence-electron chi connectivity index (χ4n) is 2.06. The Hall–Kier alpha value is -2.76. The van der Waals surface area contributed by atoms with E-state index >= 15 is 0 Å². The minimum Gasteiger partial charge on any atom is -0.481 e. The lowest BCUT2D eigenvalue weighted by atomic mass is 9.99. The van der Waals surface area contributed by atoms with Gasteiger partial charge in [0.05, 0.1) is 12.1 Å². The highest BCUT2D eigenvalue weighted by molar-refractivity contribution is 6.01. The van der Waals surface area contributed by atoms with Gasteiger partial charge in [-0.2, -0.15) is 0 Å². The topological polar surface area (TPSA) is 69.9 Å². The van der Waals surface area contributed by atoms with E-state index < -0.39 is 17.6 Å². The number of carboxylic acids is 1. The Kier molecular flexibility index (Phi) is 4.83. The van der Waals surface area contributed by atoms with Gasteiger partial charge in [-0.25, -0.2) is 8.78 Å². The van der Waals surface area contributed by atoms with Crippen LogP contribution in [0.25, 0.3) is 11.1 Å². The number of halogens is 2. The Morgan fingerprint density at radius 3 is 2.45 bits per heavy atom. The van der Waals surface area contributed by atoms with Crippen LogP contribution in [0.4, 0.5) is 8.78 Å². The van der Waals surface area contributed by atoms with Crippen LogP contribution >= 0.6 is 0 Å². The predicted octanol–water partition coefficient (Wildman–Crippen LogP) is 3.67. The zero-order valence-electron chi connectivity index (χ0n) is 11.5. The third-order valence-electron chi connectivity index (χ3n) is 3.13. The van der Waals surface area contributed by atoms with Crippen LogP contribution in [0.5, 0.6) is 0 Å². The van der Waals surface area contributed by atoms with Gasteiger partial charge in [0.15, 0.2) is 0 Å². The number of carbonyl (C=O) groups is 1. The van der Waals surface area contributed by atoms with Crippen molar-refractivity contribution in [3.8, 4) is 11.1 Å². The van der Waals surface area contributed by atoms with Crippen molar-refractivity contribution in [3.63, 3.8) is 0 Å². The second-order valence-electron chi connectivity index (χ2n) is 4.65. The number of hydrogen-bond donors (Lipinski definition) is 2. The summed E-state index contributed by atoms with van der Waals surface area (Å²) < 4.78 is 27.4. The van der Waals surface area contributed by atoms with Crippen molar-refractivity contribution < 1.29 is 23.9 Å². The summed E-state index contributed by atoms with van der Waals surface area (Å²) in [6.07, 6.45) is -0.253. The number of hydrogen-bond acceptors (Lipinski definition) is 3. The molecular weight excluding hydrogens is 292 g/mol. The summed E-state index contributed by atoms with van der Waals surface area (Å²) in [5.74, 6) is -2.13. The normalized spacial score (nSPS) is 11.5. The van der Waals surface area contributed by atoms with Crippen LogP contribution in [0.3, 0.4) is 0 Å². The zero-order valence-corrected chi connectivity index (χ0v) is 11.5. The molecular formula is C16H13F2NO3. The summed E-state index contributed by atoms with van der Waals surface area (Å²) in [4.78, 5) is 10.5. The molecule has 0 bridgehead atoms. The van der Waals surface area contributed by atoms with Gasteiger partial charge >= 0.3 is 5.97 Å². The van der Waals surface area contributed by atoms with Crippen LogP contribution in [0.15, 0.2) is 47.6 Å². The van der Waals surface area contributed by atoms with Gasteiger partial charge < -0.3 is 10.3 Å². The molecule has 0 saturated carbocycles. The van der Waals surface area contributed by atoms with Gasteiger partial charge in [-0.05, 0) is 23.8 Å². The van der Waals surface area contributed by atoms with Crippen LogP contribution in [0.2, 0.25) is 0 Å². The van der Waals surface area contributed by atoms with E-state index in [1.807, 2.05) is 0 Å². The third kappa shape index (κ3) is 3.66. The molecule has 22 heavy (non-hydrogen) atoms. The Morgan fingerprint density at radius 1 is 1.09 bits per heavy atom. The number of rotatable bonds is 5. The summed E-state index contributed by atoms with van der Waals surface area (Å²) >= 11 is 0. The molecule has 0 radical (unpaired) electrons. The van der Waals surface area contributed by atoms with E-state index in [-0.39, 0.29) is 29.7 Å². The van der Waals surface area contributed by atoms with Gasteiger partial charge in [0, 0.05) is 17.5 Å². The zero-order chi connectivity index (χ0) is 16.1. The molecule has 114 valence electrons. The molecule has 2 N–H and O–H groups in total. The van der Waals surface area contributed by atoms with Gasteiger partial charge in [-0.3, -0.25) is 4.79 Å². The summed E-state index contributed by atoms with van der Waals surface area (Å²) in [6, 6.07) is 9.60. The van der Waals surface area contributed by atoms with Crippen molar-refractivity contribution in [2.45, 2.75) is 12.8 Å². The molecule has 2 aromatic carbocycles. The van der Waals surface area contributed by atoms with Crippen molar-refractivity contribution in [2.24, 2.45) is 5.16 Å². The summed E-state index contributed by atoms with van der Waals surface area (Å²) in [5.41, 5.74) is 0.948. The SMILES string of the molecule is O=C(O)CC/C(=N\O)c1ccc(-c2cccc(F)c2)c(F)c1. The molecule has 0 fully saturated rings. The third-order valence-corrected chi connectivity index (χ3v) is 3.13. The molecule has 2 aromatic rings. The maximum Gasteiger partial charge on any atom is 0.303 e. The summed E-state index contributed by atoms with van der Waals surface area (Å²) in [7, 11) is 0. The van der Waals surface area contributed by atoms with Crippen molar-refractivity contribution in [1.29, 1.82) is 0 Å². The van der Waals surface area contributed by atoms with Crippen molar-refractivity contribution in [2.75, 3.05) is 0 Å². The first-order chi connectivity index (χ1) is 10.5. The average molecular weight is 305 g/mol. The average Bonchev–Trinajstić information content (AvgIpc) is 2.47. The van der Waals surface area contributed by atoms with Crippen LogP contribution in [0.1, 0.15) is 18.4 Å². The lowest BCUT2D eigenvalue weighted by molar-refractivity contribution is -0.136. The highest BCUT2D eigenvalue weighted by atomic mass is 19.1. The highest BCUT2D eigenvalue weighted by Crippen LogP contribution is 2.25. The predicted molar refractivity (Wildman–Crippen MR) is 77.0 cm³/mol. The van der Waals surface area contributed by atoms with Crippen molar-refractivity contribution in [3.05, 3.63) is 59.7 Å². The number of carboxylic acid groups (broad SMARTS) is 1. The number of oxime groups is 1. The number of benzene rings is 2. The fourth-order valence-corrected chi connectivity index (χ4v) is 2.06. The first kappa shape index (κ1) is 15.6. The van der Waals surface area contributed by atoms with Crippen molar-refractivity contribution in [1.82, 2.24) is 0 Å². The van der Waals surface area contributed by atoms with Gasteiger partial charge in [0.2, 0.25) is 0 Å². The molecule has 0 unspecified atom stereocenters. The Bertz CT molecular complexity index is 729. The van der Waals surface area contributed by atoms with E-state index in [1.165, 1.54) is 30.3 Å². The van der Waals surface area contributed by atoms with Gasteiger partial charge in [-0.1, -0.05) is 29.4 Å². The van der Waals surface area contributed by atoms with E-state index in [0.29, 0.717) is 5.56 Å². The molecule has 0 aliphatic carbocycles. The lowest BCUT2D eigenvalue weighted by Crippen LogP contribution is -2.06. The number of aliphatic carboxylic acids is 1. The molecule has 0 aliphatic rings. The molecule has 0 aliphatic heterocycles. The van der Waals surface area contributed by atoms with Crippen LogP contribution in [-0.2, 0) is 4.79 Å². The Morgan fingerprint density at radius 2 is 1.86 bits per heavy atom. The van der Waals surface area contributed by atoms with E-state index in [0.717, 1.165) is 6.07 Å². The number of nitrogens with zero attached hydrogens (tertiary/aromatic N) is 1. The standard InChI is InChI=1S/C16H13F2NO3/c17-12-3-1-2-10(8-12)13-5-4-11(9-14(13)18)15(19-22)6-7-16(20)21/h1-5,8-9,22H,6-7H2,(H,20,21)/b19-15+. The largest absolute Gasteiger partial charge is 0.481 e. The molecule has 0 amide bonds. The molecule has 2 rings (SSSR count). The van der Waals surface area contributed by atoms with E-state index in [1.54, 1.807) is 6.07 Å². The smallest absolute Gasteiger partial charge is 0.303 e. The summed E-state index contributed by atoms with van der Waals surface area (Å²) in [5, 5.41) is 20.6. The maximum atomic E-state index is 14.2. The second-order valence-corrected chi connectivity index (χ2v) is 4.65. The molecule has 0 spiro atoms. The van der Waals surface area contributed by atoms with Crippen molar-refractivity contribution >= 4 is 11.7 Å². The minimum absolute atomic E-state index is 0.0232. The monoisotopic (exact) mass is 305 g/mol. The highest BCUT2D eigenvalue weighted by Gasteiger charge is 2.12. The Labute approximate surface area is 125 Å². The first-order valence-electron chi connectivity index (χ1n) is 6.50. The first-order valence-corrected chi connectivity index (χ1v) is 6.50.